The van der Waals surface area contributed by atoms with E-state index in [9.17, 15) is 4.79 Å². The van der Waals surface area contributed by atoms with Crippen LogP contribution in [0.15, 0.2) is 36.5 Å². The van der Waals surface area contributed by atoms with E-state index in [-0.39, 0.29) is 5.91 Å². The minimum Gasteiger partial charge on any atom is -0.381 e. The maximum absolute atomic E-state index is 13.0. The molecule has 122 valence electrons. The van der Waals surface area contributed by atoms with Crippen molar-refractivity contribution in [2.24, 2.45) is 7.05 Å². The molecule has 1 fully saturated rings. The second kappa shape index (κ2) is 6.54. The highest BCUT2D eigenvalue weighted by Crippen LogP contribution is 2.35. The summed E-state index contributed by atoms with van der Waals surface area (Å²) in [5.41, 5.74) is 2.71. The fourth-order valence-corrected chi connectivity index (χ4v) is 3.19. The third-order valence-corrected chi connectivity index (χ3v) is 4.88. The van der Waals surface area contributed by atoms with Gasteiger partial charge in [0.25, 0.3) is 0 Å². The van der Waals surface area contributed by atoms with Crippen molar-refractivity contribution < 1.29 is 9.53 Å². The SMILES string of the molecule is Cc1c(CNC(=O)C2(c3ccccc3)CCOCC2)cnn1C. The van der Waals surface area contributed by atoms with Gasteiger partial charge in [0.1, 0.15) is 0 Å². The van der Waals surface area contributed by atoms with Crippen LogP contribution in [0.25, 0.3) is 0 Å². The van der Waals surface area contributed by atoms with Crippen molar-refractivity contribution in [1.82, 2.24) is 15.1 Å². The van der Waals surface area contributed by atoms with Gasteiger partial charge in [-0.15, -0.1) is 0 Å². The van der Waals surface area contributed by atoms with E-state index in [1.54, 1.807) is 0 Å². The molecule has 1 amide bonds. The molecule has 0 aliphatic carbocycles. The standard InChI is InChI=1S/C18H23N3O2/c1-14-15(13-20-21(14)2)12-19-17(22)18(8-10-23-11-9-18)16-6-4-3-5-7-16/h3-7,13H,8-12H2,1-2H3,(H,19,22). The maximum atomic E-state index is 13.0. The lowest BCUT2D eigenvalue weighted by Crippen LogP contribution is -2.47. The van der Waals surface area contributed by atoms with E-state index in [4.69, 9.17) is 4.74 Å². The number of nitrogens with one attached hydrogen (secondary N) is 1. The number of carbonyl (C=O) groups is 1. The van der Waals surface area contributed by atoms with Crippen LogP contribution in [0, 0.1) is 6.92 Å². The molecule has 1 aliphatic rings. The Morgan fingerprint density at radius 3 is 2.61 bits per heavy atom. The lowest BCUT2D eigenvalue weighted by Gasteiger charge is -2.36. The first-order valence-electron chi connectivity index (χ1n) is 8.02. The number of aromatic nitrogens is 2. The highest BCUT2D eigenvalue weighted by atomic mass is 16.5. The van der Waals surface area contributed by atoms with E-state index >= 15 is 0 Å². The van der Waals surface area contributed by atoms with Gasteiger partial charge in [0.05, 0.1) is 11.6 Å². The molecule has 1 aliphatic heterocycles. The Balaban J connectivity index is 1.80. The Labute approximate surface area is 136 Å². The van der Waals surface area contributed by atoms with Gasteiger partial charge in [-0.1, -0.05) is 30.3 Å². The van der Waals surface area contributed by atoms with Crippen molar-refractivity contribution >= 4 is 5.91 Å². The van der Waals surface area contributed by atoms with Gasteiger partial charge >= 0.3 is 0 Å². The summed E-state index contributed by atoms with van der Waals surface area (Å²) < 4.78 is 7.31. The molecule has 1 aromatic carbocycles. The van der Waals surface area contributed by atoms with Gasteiger partial charge in [0, 0.05) is 38.1 Å². The number of ether oxygens (including phenoxy) is 1. The van der Waals surface area contributed by atoms with E-state index in [0.717, 1.165) is 29.7 Å². The molecule has 5 heteroatoms. The van der Waals surface area contributed by atoms with Gasteiger partial charge in [-0.2, -0.15) is 5.10 Å². The van der Waals surface area contributed by atoms with Gasteiger partial charge < -0.3 is 10.1 Å². The number of aryl methyl sites for hydroxylation is 1. The highest BCUT2D eigenvalue weighted by Gasteiger charge is 2.41. The zero-order valence-corrected chi connectivity index (χ0v) is 13.7. The average Bonchev–Trinajstić information content (AvgIpc) is 2.93. The number of rotatable bonds is 4. The van der Waals surface area contributed by atoms with Crippen molar-refractivity contribution in [3.63, 3.8) is 0 Å². The number of hydrogen-bond donors (Lipinski definition) is 1. The topological polar surface area (TPSA) is 56.1 Å². The zero-order chi connectivity index (χ0) is 16.3. The molecule has 0 bridgehead atoms. The summed E-state index contributed by atoms with van der Waals surface area (Å²) in [4.78, 5) is 13.0. The summed E-state index contributed by atoms with van der Waals surface area (Å²) in [5.74, 6) is 0.0789. The number of carbonyl (C=O) groups excluding carboxylic acids is 1. The van der Waals surface area contributed by atoms with Crippen molar-refractivity contribution in [3.05, 3.63) is 53.3 Å². The third-order valence-electron chi connectivity index (χ3n) is 4.88. The summed E-state index contributed by atoms with van der Waals surface area (Å²) in [6.07, 6.45) is 3.25. The number of amides is 1. The lowest BCUT2D eigenvalue weighted by molar-refractivity contribution is -0.130. The second-order valence-electron chi connectivity index (χ2n) is 6.12. The van der Waals surface area contributed by atoms with Gasteiger partial charge in [0.2, 0.25) is 5.91 Å². The molecule has 23 heavy (non-hydrogen) atoms. The van der Waals surface area contributed by atoms with Crippen LogP contribution in [-0.2, 0) is 28.5 Å². The fraction of sp³-hybridized carbons (Fsp3) is 0.444. The van der Waals surface area contributed by atoms with Gasteiger partial charge in [-0.25, -0.2) is 0 Å². The molecule has 0 unspecified atom stereocenters. The Bertz CT molecular complexity index is 673. The maximum Gasteiger partial charge on any atom is 0.231 e. The normalized spacial score (nSPS) is 17.0. The van der Waals surface area contributed by atoms with Crippen LogP contribution in [-0.4, -0.2) is 28.9 Å². The number of benzene rings is 1. The first-order chi connectivity index (χ1) is 11.1. The second-order valence-corrected chi connectivity index (χ2v) is 6.12. The first-order valence-corrected chi connectivity index (χ1v) is 8.02. The van der Waals surface area contributed by atoms with E-state index in [0.29, 0.717) is 19.8 Å². The predicted octanol–water partition coefficient (Wildman–Crippen LogP) is 2.09. The molecule has 0 radical (unpaired) electrons. The summed E-state index contributed by atoms with van der Waals surface area (Å²) >= 11 is 0. The quantitative estimate of drug-likeness (QED) is 0.940. The molecule has 2 heterocycles. The fourth-order valence-electron chi connectivity index (χ4n) is 3.19. The lowest BCUT2D eigenvalue weighted by atomic mass is 9.73. The van der Waals surface area contributed by atoms with E-state index in [1.807, 2.05) is 55.2 Å². The van der Waals surface area contributed by atoms with Crippen molar-refractivity contribution in [1.29, 1.82) is 0 Å². The third kappa shape index (κ3) is 3.01. The monoisotopic (exact) mass is 313 g/mol. The molecule has 0 saturated carbocycles. The van der Waals surface area contributed by atoms with Crippen LogP contribution in [0.4, 0.5) is 0 Å². The minimum absolute atomic E-state index is 0.0789. The van der Waals surface area contributed by atoms with Crippen LogP contribution < -0.4 is 5.32 Å². The Hall–Kier alpha value is -2.14. The average molecular weight is 313 g/mol. The zero-order valence-electron chi connectivity index (χ0n) is 13.7. The van der Waals surface area contributed by atoms with Gasteiger partial charge in [-0.3, -0.25) is 9.48 Å². The van der Waals surface area contributed by atoms with Crippen molar-refractivity contribution in [2.45, 2.75) is 31.7 Å². The smallest absolute Gasteiger partial charge is 0.231 e. The van der Waals surface area contributed by atoms with Crippen LogP contribution in [0.2, 0.25) is 0 Å². The molecule has 1 N–H and O–H groups in total. The molecular weight excluding hydrogens is 290 g/mol. The molecule has 0 spiro atoms. The van der Waals surface area contributed by atoms with E-state index < -0.39 is 5.41 Å². The molecule has 5 nitrogen and oxygen atoms in total. The van der Waals surface area contributed by atoms with E-state index in [1.165, 1.54) is 0 Å². The molecule has 1 aromatic heterocycles. The molecule has 1 saturated heterocycles. The van der Waals surface area contributed by atoms with Crippen molar-refractivity contribution in [2.75, 3.05) is 13.2 Å². The Morgan fingerprint density at radius 2 is 2.00 bits per heavy atom. The number of nitrogens with zero attached hydrogens (tertiary/aromatic N) is 2. The van der Waals surface area contributed by atoms with Crippen LogP contribution in [0.1, 0.15) is 29.7 Å². The summed E-state index contributed by atoms with van der Waals surface area (Å²) in [5, 5.41) is 7.34. The Kier molecular flexibility index (Phi) is 4.48. The summed E-state index contributed by atoms with van der Waals surface area (Å²) in [7, 11) is 1.91. The predicted molar refractivity (Wildman–Crippen MR) is 88.0 cm³/mol. The summed E-state index contributed by atoms with van der Waals surface area (Å²) in [6.45, 7) is 3.76. The van der Waals surface area contributed by atoms with Gasteiger partial charge in [0.15, 0.2) is 0 Å². The summed E-state index contributed by atoms with van der Waals surface area (Å²) in [6, 6.07) is 10.0. The Morgan fingerprint density at radius 1 is 1.30 bits per heavy atom. The van der Waals surface area contributed by atoms with E-state index in [2.05, 4.69) is 10.4 Å². The molecule has 3 rings (SSSR count). The molecule has 2 aromatic rings. The number of hydrogen-bond acceptors (Lipinski definition) is 3. The van der Waals surface area contributed by atoms with Gasteiger partial charge in [-0.05, 0) is 25.3 Å². The highest BCUT2D eigenvalue weighted by molar-refractivity contribution is 5.88. The van der Waals surface area contributed by atoms with Crippen LogP contribution in [0.5, 0.6) is 0 Å². The van der Waals surface area contributed by atoms with Crippen LogP contribution >= 0.6 is 0 Å². The largest absolute Gasteiger partial charge is 0.381 e. The minimum atomic E-state index is -0.490. The van der Waals surface area contributed by atoms with Crippen molar-refractivity contribution in [3.8, 4) is 0 Å². The molecular formula is C18H23N3O2. The molecule has 0 atom stereocenters. The van der Waals surface area contributed by atoms with Crippen LogP contribution in [0.3, 0.4) is 0 Å². The first kappa shape index (κ1) is 15.7.